The number of likely N-dealkylation sites (N-methyl/N-ethyl adjacent to an activating group) is 1. The molecule has 184 valence electrons. The maximum absolute atomic E-state index is 12.9. The van der Waals surface area contributed by atoms with E-state index in [1.54, 1.807) is 12.4 Å². The second-order valence-corrected chi connectivity index (χ2v) is 9.32. The molecule has 5 rings (SSSR count). The second kappa shape index (κ2) is 10.3. The van der Waals surface area contributed by atoms with Crippen LogP contribution in [0.3, 0.4) is 0 Å². The zero-order chi connectivity index (χ0) is 24.4. The van der Waals surface area contributed by atoms with Crippen molar-refractivity contribution in [3.05, 3.63) is 58.5 Å². The smallest absolute Gasteiger partial charge is 0.255 e. The molecule has 8 nitrogen and oxygen atoms in total. The van der Waals surface area contributed by atoms with Gasteiger partial charge in [0.15, 0.2) is 0 Å². The van der Waals surface area contributed by atoms with Crippen LogP contribution in [0, 0.1) is 0 Å². The predicted molar refractivity (Wildman–Crippen MR) is 137 cm³/mol. The van der Waals surface area contributed by atoms with Crippen LogP contribution in [0.1, 0.15) is 28.5 Å². The number of ether oxygens (including phenoxy) is 2. The van der Waals surface area contributed by atoms with Crippen molar-refractivity contribution in [3.8, 4) is 17.0 Å². The Morgan fingerprint density at radius 1 is 1.34 bits per heavy atom. The Labute approximate surface area is 210 Å². The predicted octanol–water partition coefficient (Wildman–Crippen LogP) is 4.03. The molecule has 1 saturated heterocycles. The number of pyridine rings is 1. The van der Waals surface area contributed by atoms with Gasteiger partial charge in [0.1, 0.15) is 18.5 Å². The van der Waals surface area contributed by atoms with Crippen LogP contribution in [-0.2, 0) is 17.6 Å². The van der Waals surface area contributed by atoms with Crippen LogP contribution in [-0.4, -0.2) is 66.8 Å². The number of amides is 1. The average Bonchev–Trinajstić information content (AvgIpc) is 3.22. The van der Waals surface area contributed by atoms with Crippen LogP contribution >= 0.6 is 11.6 Å². The van der Waals surface area contributed by atoms with Gasteiger partial charge in [0.05, 0.1) is 29.7 Å². The van der Waals surface area contributed by atoms with E-state index in [0.717, 1.165) is 54.1 Å². The molecule has 1 amide bonds. The van der Waals surface area contributed by atoms with Crippen LogP contribution in [0.2, 0.25) is 5.02 Å². The summed E-state index contributed by atoms with van der Waals surface area (Å²) in [5.74, 6) is 0.527. The minimum Gasteiger partial charge on any atom is -0.488 e. The number of nitrogens with zero attached hydrogens (tertiary/aromatic N) is 2. The summed E-state index contributed by atoms with van der Waals surface area (Å²) in [5, 5.41) is 7.18. The normalized spacial score (nSPS) is 18.1. The molecule has 0 bridgehead atoms. The average molecular weight is 496 g/mol. The lowest BCUT2D eigenvalue weighted by Gasteiger charge is -2.30. The molecule has 9 heteroatoms. The number of anilines is 2. The van der Waals surface area contributed by atoms with Crippen molar-refractivity contribution in [1.29, 1.82) is 0 Å². The summed E-state index contributed by atoms with van der Waals surface area (Å²) in [6.07, 6.45) is 4.90. The fourth-order valence-corrected chi connectivity index (χ4v) is 5.04. The van der Waals surface area contributed by atoms with Crippen LogP contribution in [0.5, 0.6) is 5.75 Å². The van der Waals surface area contributed by atoms with Crippen LogP contribution in [0.4, 0.5) is 11.4 Å². The molecular weight excluding hydrogens is 466 g/mol. The van der Waals surface area contributed by atoms with Crippen molar-refractivity contribution in [2.45, 2.75) is 25.9 Å². The zero-order valence-electron chi connectivity index (χ0n) is 20.0. The van der Waals surface area contributed by atoms with E-state index in [2.05, 4.69) is 39.5 Å². The van der Waals surface area contributed by atoms with Crippen molar-refractivity contribution in [2.75, 3.05) is 45.2 Å². The molecule has 0 aliphatic carbocycles. The molecule has 2 aliphatic rings. The van der Waals surface area contributed by atoms with Gasteiger partial charge >= 0.3 is 0 Å². The summed E-state index contributed by atoms with van der Waals surface area (Å²) < 4.78 is 12.1. The number of rotatable bonds is 7. The highest BCUT2D eigenvalue weighted by Crippen LogP contribution is 2.41. The van der Waals surface area contributed by atoms with Crippen molar-refractivity contribution >= 4 is 28.9 Å². The highest BCUT2D eigenvalue weighted by atomic mass is 35.5. The lowest BCUT2D eigenvalue weighted by molar-refractivity contribution is -0.0403. The molecule has 35 heavy (non-hydrogen) atoms. The number of H-pyrrole nitrogens is 1. The first-order valence-corrected chi connectivity index (χ1v) is 12.4. The number of fused-ring (bicyclic) bond motifs is 1. The largest absolute Gasteiger partial charge is 0.488 e. The van der Waals surface area contributed by atoms with E-state index in [1.807, 2.05) is 24.3 Å². The quantitative estimate of drug-likeness (QED) is 0.458. The molecule has 1 atom stereocenters. The van der Waals surface area contributed by atoms with Gasteiger partial charge < -0.3 is 30.0 Å². The van der Waals surface area contributed by atoms with Gasteiger partial charge in [0.2, 0.25) is 0 Å². The first-order valence-electron chi connectivity index (χ1n) is 12.0. The van der Waals surface area contributed by atoms with E-state index in [0.29, 0.717) is 41.8 Å². The number of aromatic amines is 1. The van der Waals surface area contributed by atoms with E-state index in [-0.39, 0.29) is 12.0 Å². The minimum atomic E-state index is -0.105. The van der Waals surface area contributed by atoms with Gasteiger partial charge in [-0.25, -0.2) is 0 Å². The number of nitrogens with one attached hydrogen (secondary N) is 3. The summed E-state index contributed by atoms with van der Waals surface area (Å²) in [4.78, 5) is 23.0. The maximum Gasteiger partial charge on any atom is 0.255 e. The van der Waals surface area contributed by atoms with Gasteiger partial charge in [-0.15, -0.1) is 0 Å². The SMILES string of the molecule is CCc1c(Cl)cccc1Nc1c(-c2ccncc2OC[C@H]2CN(C)CCO2)[nH]c2c1C(=O)NCC2. The molecule has 0 radical (unpaired) electrons. The number of halogens is 1. The van der Waals surface area contributed by atoms with Gasteiger partial charge in [0, 0.05) is 54.2 Å². The number of carbonyl (C=O) groups excluding carboxylic acids is 1. The third-order valence-corrected chi connectivity index (χ3v) is 6.87. The summed E-state index contributed by atoms with van der Waals surface area (Å²) in [7, 11) is 2.08. The summed E-state index contributed by atoms with van der Waals surface area (Å²) in [6, 6.07) is 7.67. The second-order valence-electron chi connectivity index (χ2n) is 8.92. The topological polar surface area (TPSA) is 91.5 Å². The zero-order valence-corrected chi connectivity index (χ0v) is 20.7. The van der Waals surface area contributed by atoms with Crippen molar-refractivity contribution in [3.63, 3.8) is 0 Å². The Morgan fingerprint density at radius 2 is 2.23 bits per heavy atom. The highest BCUT2D eigenvalue weighted by Gasteiger charge is 2.29. The Morgan fingerprint density at radius 3 is 3.06 bits per heavy atom. The molecule has 0 unspecified atom stereocenters. The number of morpholine rings is 1. The maximum atomic E-state index is 12.9. The molecule has 2 aliphatic heterocycles. The first-order chi connectivity index (χ1) is 17.0. The fraction of sp³-hybridized carbons (Fsp3) is 0.385. The van der Waals surface area contributed by atoms with Gasteiger partial charge in [-0.3, -0.25) is 9.78 Å². The Balaban J connectivity index is 1.53. The summed E-state index contributed by atoms with van der Waals surface area (Å²) in [6.45, 7) is 5.50. The van der Waals surface area contributed by atoms with Crippen LogP contribution in [0.25, 0.3) is 11.3 Å². The fourth-order valence-electron chi connectivity index (χ4n) is 4.73. The van der Waals surface area contributed by atoms with E-state index >= 15 is 0 Å². The monoisotopic (exact) mass is 495 g/mol. The third kappa shape index (κ3) is 4.87. The van der Waals surface area contributed by atoms with E-state index < -0.39 is 0 Å². The number of benzene rings is 1. The summed E-state index contributed by atoms with van der Waals surface area (Å²) in [5.41, 5.74) is 5.70. The molecule has 1 aromatic carbocycles. The molecule has 0 saturated carbocycles. The lowest BCUT2D eigenvalue weighted by Crippen LogP contribution is -2.42. The van der Waals surface area contributed by atoms with Crippen molar-refractivity contribution in [1.82, 2.24) is 20.2 Å². The lowest BCUT2D eigenvalue weighted by atomic mass is 10.0. The Bertz CT molecular complexity index is 1230. The van der Waals surface area contributed by atoms with E-state index in [9.17, 15) is 4.79 Å². The van der Waals surface area contributed by atoms with E-state index in [4.69, 9.17) is 21.1 Å². The molecule has 3 N–H and O–H groups in total. The van der Waals surface area contributed by atoms with Gasteiger partial charge in [-0.05, 0) is 37.2 Å². The number of carbonyl (C=O) groups is 1. The molecule has 0 spiro atoms. The third-order valence-electron chi connectivity index (χ3n) is 6.52. The molecule has 3 aromatic rings. The molecular formula is C26H30ClN5O3. The van der Waals surface area contributed by atoms with Crippen LogP contribution in [0.15, 0.2) is 36.7 Å². The number of hydrogen-bond donors (Lipinski definition) is 3. The summed E-state index contributed by atoms with van der Waals surface area (Å²) >= 11 is 6.48. The highest BCUT2D eigenvalue weighted by molar-refractivity contribution is 6.31. The minimum absolute atomic E-state index is 0.0133. The van der Waals surface area contributed by atoms with E-state index in [1.165, 1.54) is 0 Å². The number of hydrogen-bond acceptors (Lipinski definition) is 6. The standard InChI is InChI=1S/C26H30ClN5O3/c1-3-17-19(27)5-4-6-20(17)30-25-23-21(8-10-29-26(23)33)31-24(25)18-7-9-28-13-22(18)35-15-16-14-32(2)11-12-34-16/h4-7,9,13,16,30-31H,3,8,10-12,14-15H2,1-2H3,(H,29,33)/t16-/m1/s1. The van der Waals surface area contributed by atoms with Gasteiger partial charge in [-0.2, -0.15) is 0 Å². The Kier molecular flexibility index (Phi) is 6.95. The van der Waals surface area contributed by atoms with Gasteiger partial charge in [0.25, 0.3) is 5.91 Å². The first kappa shape index (κ1) is 23.7. The molecule has 2 aromatic heterocycles. The van der Waals surface area contributed by atoms with Crippen molar-refractivity contribution in [2.24, 2.45) is 0 Å². The molecule has 4 heterocycles. The molecule has 1 fully saturated rings. The van der Waals surface area contributed by atoms with Gasteiger partial charge in [-0.1, -0.05) is 24.6 Å². The van der Waals surface area contributed by atoms with Crippen molar-refractivity contribution < 1.29 is 14.3 Å². The van der Waals surface area contributed by atoms with Crippen LogP contribution < -0.4 is 15.4 Å². The number of aromatic nitrogens is 2. The Hall–Kier alpha value is -3.07.